The third kappa shape index (κ3) is 7.22. The van der Waals surface area contributed by atoms with E-state index >= 15 is 0 Å². The molecule has 0 aromatic heterocycles. The predicted molar refractivity (Wildman–Crippen MR) is 80.0 cm³/mol. The van der Waals surface area contributed by atoms with E-state index in [0.717, 1.165) is 52.4 Å². The molecule has 20 heavy (non-hydrogen) atoms. The molecule has 1 unspecified atom stereocenters. The Balaban J connectivity index is 2.33. The zero-order chi connectivity index (χ0) is 14.8. The summed E-state index contributed by atoms with van der Waals surface area (Å²) < 4.78 is 5.35. The normalized spacial score (nSPS) is 18.4. The Morgan fingerprint density at radius 2 is 2.00 bits per heavy atom. The molecule has 5 nitrogen and oxygen atoms in total. The molecule has 118 valence electrons. The fraction of sp³-hybridized carbons (Fsp3) is 0.933. The molecule has 5 heteroatoms. The lowest BCUT2D eigenvalue weighted by molar-refractivity contribution is -0.141. The van der Waals surface area contributed by atoms with Crippen molar-refractivity contribution in [2.45, 2.75) is 33.1 Å². The van der Waals surface area contributed by atoms with E-state index in [1.54, 1.807) is 6.92 Å². The topological polar surface area (TPSA) is 53.0 Å². The van der Waals surface area contributed by atoms with Crippen molar-refractivity contribution in [1.29, 1.82) is 0 Å². The van der Waals surface area contributed by atoms with Gasteiger partial charge in [0, 0.05) is 32.7 Å². The van der Waals surface area contributed by atoms with E-state index in [1.165, 1.54) is 12.8 Å². The Labute approximate surface area is 122 Å². The molecule has 1 fully saturated rings. The van der Waals surface area contributed by atoms with Crippen LogP contribution in [-0.4, -0.2) is 73.4 Å². The van der Waals surface area contributed by atoms with Gasteiger partial charge in [-0.15, -0.1) is 0 Å². The first-order chi connectivity index (χ1) is 9.63. The standard InChI is InChI=1S/C15H30N2O3/c1-3-4-5-6-17(13-14(2)15(18)19)8-7-16-9-11-20-12-10-16/h14H,3-13H2,1-2H3,(H,18,19). The number of morpholine rings is 1. The van der Waals surface area contributed by atoms with E-state index in [9.17, 15) is 4.79 Å². The maximum absolute atomic E-state index is 11.0. The molecule has 1 aliphatic rings. The quantitative estimate of drug-likeness (QED) is 0.617. The van der Waals surface area contributed by atoms with Crippen molar-refractivity contribution in [3.8, 4) is 0 Å². The number of ether oxygens (including phenoxy) is 1. The monoisotopic (exact) mass is 286 g/mol. The van der Waals surface area contributed by atoms with Crippen LogP contribution in [0.3, 0.4) is 0 Å². The number of nitrogens with zero attached hydrogens (tertiary/aromatic N) is 2. The second kappa shape index (κ2) is 10.1. The van der Waals surface area contributed by atoms with Crippen LogP contribution in [0.15, 0.2) is 0 Å². The second-order valence-corrected chi connectivity index (χ2v) is 5.70. The molecule has 1 rings (SSSR count). The maximum Gasteiger partial charge on any atom is 0.307 e. The molecule has 0 aliphatic carbocycles. The number of unbranched alkanes of at least 4 members (excludes halogenated alkanes) is 2. The van der Waals surface area contributed by atoms with E-state index in [4.69, 9.17) is 9.84 Å². The summed E-state index contributed by atoms with van der Waals surface area (Å²) in [5, 5.41) is 9.07. The first kappa shape index (κ1) is 17.4. The number of carboxylic acids is 1. The van der Waals surface area contributed by atoms with Gasteiger partial charge in [0.1, 0.15) is 0 Å². The van der Waals surface area contributed by atoms with Gasteiger partial charge < -0.3 is 14.7 Å². The highest BCUT2D eigenvalue weighted by molar-refractivity contribution is 5.69. The first-order valence-corrected chi connectivity index (χ1v) is 7.88. The molecule has 1 atom stereocenters. The minimum absolute atomic E-state index is 0.290. The Morgan fingerprint density at radius 1 is 1.30 bits per heavy atom. The molecule has 0 aromatic carbocycles. The molecule has 1 N–H and O–H groups in total. The molecular formula is C15H30N2O3. The van der Waals surface area contributed by atoms with Gasteiger partial charge in [-0.2, -0.15) is 0 Å². The highest BCUT2D eigenvalue weighted by atomic mass is 16.5. The van der Waals surface area contributed by atoms with Crippen molar-refractivity contribution in [1.82, 2.24) is 9.80 Å². The lowest BCUT2D eigenvalue weighted by atomic mass is 10.1. The minimum Gasteiger partial charge on any atom is -0.481 e. The largest absolute Gasteiger partial charge is 0.481 e. The highest BCUT2D eigenvalue weighted by Crippen LogP contribution is 2.05. The second-order valence-electron chi connectivity index (χ2n) is 5.70. The highest BCUT2D eigenvalue weighted by Gasteiger charge is 2.17. The average Bonchev–Trinajstić information content (AvgIpc) is 2.45. The van der Waals surface area contributed by atoms with Crippen LogP contribution < -0.4 is 0 Å². The van der Waals surface area contributed by atoms with Crippen molar-refractivity contribution >= 4 is 5.97 Å². The van der Waals surface area contributed by atoms with Gasteiger partial charge in [-0.1, -0.05) is 26.7 Å². The van der Waals surface area contributed by atoms with E-state index in [2.05, 4.69) is 16.7 Å². The summed E-state index contributed by atoms with van der Waals surface area (Å²) in [6.45, 7) is 11.3. The Hall–Kier alpha value is -0.650. The van der Waals surface area contributed by atoms with Gasteiger partial charge >= 0.3 is 5.97 Å². The van der Waals surface area contributed by atoms with Crippen molar-refractivity contribution in [2.75, 3.05) is 52.5 Å². The van der Waals surface area contributed by atoms with E-state index in [1.807, 2.05) is 0 Å². The van der Waals surface area contributed by atoms with Gasteiger partial charge in [0.2, 0.25) is 0 Å². The summed E-state index contributed by atoms with van der Waals surface area (Å²) in [5.41, 5.74) is 0. The smallest absolute Gasteiger partial charge is 0.307 e. The molecule has 0 amide bonds. The molecule has 1 aliphatic heterocycles. The van der Waals surface area contributed by atoms with E-state index in [0.29, 0.717) is 6.54 Å². The molecule has 0 bridgehead atoms. The zero-order valence-corrected chi connectivity index (χ0v) is 13.0. The van der Waals surface area contributed by atoms with Gasteiger partial charge in [-0.3, -0.25) is 9.69 Å². The average molecular weight is 286 g/mol. The van der Waals surface area contributed by atoms with Crippen LogP contribution in [0.1, 0.15) is 33.1 Å². The van der Waals surface area contributed by atoms with Crippen LogP contribution in [-0.2, 0) is 9.53 Å². The zero-order valence-electron chi connectivity index (χ0n) is 13.0. The fourth-order valence-corrected chi connectivity index (χ4v) is 2.45. The summed E-state index contributed by atoms with van der Waals surface area (Å²) in [6, 6.07) is 0. The van der Waals surface area contributed by atoms with Crippen molar-refractivity contribution in [3.63, 3.8) is 0 Å². The van der Waals surface area contributed by atoms with Crippen molar-refractivity contribution in [3.05, 3.63) is 0 Å². The van der Waals surface area contributed by atoms with Crippen LogP contribution >= 0.6 is 0 Å². The number of hydrogen-bond donors (Lipinski definition) is 1. The SMILES string of the molecule is CCCCCN(CCN1CCOCC1)CC(C)C(=O)O. The van der Waals surface area contributed by atoms with Crippen molar-refractivity contribution in [2.24, 2.45) is 5.92 Å². The van der Waals surface area contributed by atoms with Gasteiger partial charge in [0.15, 0.2) is 0 Å². The summed E-state index contributed by atoms with van der Waals surface area (Å²) >= 11 is 0. The van der Waals surface area contributed by atoms with Crippen LogP contribution in [0, 0.1) is 5.92 Å². The molecule has 0 saturated carbocycles. The molecule has 1 saturated heterocycles. The van der Waals surface area contributed by atoms with E-state index < -0.39 is 5.97 Å². The maximum atomic E-state index is 11.0. The van der Waals surface area contributed by atoms with Gasteiger partial charge in [0.25, 0.3) is 0 Å². The molecule has 0 spiro atoms. The molecular weight excluding hydrogens is 256 g/mol. The lowest BCUT2D eigenvalue weighted by Gasteiger charge is -2.30. The molecule has 0 radical (unpaired) electrons. The number of carboxylic acid groups (broad SMARTS) is 1. The summed E-state index contributed by atoms with van der Waals surface area (Å²) in [4.78, 5) is 15.7. The third-order valence-corrected chi connectivity index (χ3v) is 3.87. The number of aliphatic carboxylic acids is 1. The number of rotatable bonds is 10. The summed E-state index contributed by atoms with van der Waals surface area (Å²) in [6.07, 6.45) is 3.58. The Bertz CT molecular complexity index is 268. The number of hydrogen-bond acceptors (Lipinski definition) is 4. The third-order valence-electron chi connectivity index (χ3n) is 3.87. The van der Waals surface area contributed by atoms with E-state index in [-0.39, 0.29) is 5.92 Å². The molecule has 0 aromatic rings. The summed E-state index contributed by atoms with van der Waals surface area (Å²) in [5.74, 6) is -0.988. The van der Waals surface area contributed by atoms with Crippen LogP contribution in [0.4, 0.5) is 0 Å². The minimum atomic E-state index is -0.697. The van der Waals surface area contributed by atoms with Crippen LogP contribution in [0.5, 0.6) is 0 Å². The van der Waals surface area contributed by atoms with Crippen LogP contribution in [0.2, 0.25) is 0 Å². The predicted octanol–water partition coefficient (Wildman–Crippen LogP) is 1.53. The molecule has 1 heterocycles. The van der Waals surface area contributed by atoms with Crippen LogP contribution in [0.25, 0.3) is 0 Å². The number of carbonyl (C=O) groups is 1. The summed E-state index contributed by atoms with van der Waals surface area (Å²) in [7, 11) is 0. The Morgan fingerprint density at radius 3 is 2.60 bits per heavy atom. The van der Waals surface area contributed by atoms with Gasteiger partial charge in [0.05, 0.1) is 19.1 Å². The van der Waals surface area contributed by atoms with Gasteiger partial charge in [-0.05, 0) is 13.0 Å². The van der Waals surface area contributed by atoms with Gasteiger partial charge in [-0.25, -0.2) is 0 Å². The lowest BCUT2D eigenvalue weighted by Crippen LogP contribution is -2.43. The van der Waals surface area contributed by atoms with Crippen molar-refractivity contribution < 1.29 is 14.6 Å². The Kier molecular flexibility index (Phi) is 8.82. The first-order valence-electron chi connectivity index (χ1n) is 7.88. The fourth-order valence-electron chi connectivity index (χ4n) is 2.45.